The van der Waals surface area contributed by atoms with Gasteiger partial charge in [0.2, 0.25) is 5.96 Å². The predicted octanol–water partition coefficient (Wildman–Crippen LogP) is -1.57. The molecule has 0 unspecified atom stereocenters. The fourth-order valence-electron chi connectivity index (χ4n) is 0.0986. The second kappa shape index (κ2) is 5.67. The molecule has 0 aromatic heterocycles. The van der Waals surface area contributed by atoms with Crippen molar-refractivity contribution in [3.8, 4) is 0 Å². The fourth-order valence-corrected chi connectivity index (χ4v) is 0.0986. The number of nitrogens with one attached hydrogen (secondary N) is 2. The summed E-state index contributed by atoms with van der Waals surface area (Å²) in [5.41, 5.74) is 6.23. The summed E-state index contributed by atoms with van der Waals surface area (Å²) in [5.74, 6) is -0.549. The molecular weight excluding hydrogens is 137 g/mol. The molecule has 0 radical (unpaired) electrons. The van der Waals surface area contributed by atoms with Crippen molar-refractivity contribution in [1.82, 2.24) is 5.48 Å². The van der Waals surface area contributed by atoms with Crippen LogP contribution in [0.2, 0.25) is 0 Å². The molecule has 7 heteroatoms. The maximum absolute atomic E-state index is 9.47. The Balaban J connectivity index is 0. The van der Waals surface area contributed by atoms with Crippen LogP contribution in [-0.4, -0.2) is 46.8 Å². The number of carbonyl (C=O) groups is 1. The van der Waals surface area contributed by atoms with Gasteiger partial charge in [-0.05, 0) is 0 Å². The van der Waals surface area contributed by atoms with E-state index in [1.165, 1.54) is 0 Å². The molecule has 0 aliphatic rings. The zero-order chi connectivity index (χ0) is 6.57. The molecule has 0 fully saturated rings. The van der Waals surface area contributed by atoms with Crippen molar-refractivity contribution in [2.24, 2.45) is 5.73 Å². The number of guanidine groups is 1. The molecule has 48 valence electrons. The minimum atomic E-state index is -1.53. The summed E-state index contributed by atoms with van der Waals surface area (Å²) in [4.78, 5) is 13.1. The van der Waals surface area contributed by atoms with E-state index in [0.717, 1.165) is 0 Å². The van der Waals surface area contributed by atoms with Crippen LogP contribution < -0.4 is 11.2 Å². The molecule has 0 amide bonds. The first kappa shape index (κ1) is 11.4. The van der Waals surface area contributed by atoms with Crippen molar-refractivity contribution >= 4 is 41.7 Å². The van der Waals surface area contributed by atoms with Gasteiger partial charge in [-0.15, -0.1) is 0 Å². The van der Waals surface area contributed by atoms with Crippen LogP contribution in [0.5, 0.6) is 0 Å². The van der Waals surface area contributed by atoms with E-state index in [-0.39, 0.29) is 29.6 Å². The van der Waals surface area contributed by atoms with E-state index in [4.69, 9.17) is 10.5 Å². The summed E-state index contributed by atoms with van der Waals surface area (Å²) in [6.45, 7) is 0. The normalized spacial score (nSPS) is 6.67. The number of rotatable bonds is 0. The monoisotopic (exact) mass is 143 g/mol. The molecular formula is C2H6N3NaO3. The van der Waals surface area contributed by atoms with E-state index in [0.29, 0.717) is 0 Å². The first-order chi connectivity index (χ1) is 3.63. The van der Waals surface area contributed by atoms with E-state index in [1.807, 2.05) is 0 Å². The van der Waals surface area contributed by atoms with Gasteiger partial charge in [0, 0.05) is 0 Å². The molecule has 5 N–H and O–H groups in total. The van der Waals surface area contributed by atoms with Gasteiger partial charge in [-0.25, -0.2) is 4.79 Å². The minimum absolute atomic E-state index is 0. The quantitative estimate of drug-likeness (QED) is 0.142. The van der Waals surface area contributed by atoms with Crippen LogP contribution in [0.15, 0.2) is 0 Å². The van der Waals surface area contributed by atoms with Crippen molar-refractivity contribution in [1.29, 1.82) is 5.41 Å². The van der Waals surface area contributed by atoms with Gasteiger partial charge in [0.15, 0.2) is 0 Å². The molecule has 9 heavy (non-hydrogen) atoms. The van der Waals surface area contributed by atoms with E-state index < -0.39 is 12.1 Å². The SMILES string of the molecule is N=C(N)NOC(=O)O.[NaH]. The van der Waals surface area contributed by atoms with Gasteiger partial charge in [-0.1, -0.05) is 0 Å². The second-order valence-corrected chi connectivity index (χ2v) is 0.884. The summed E-state index contributed by atoms with van der Waals surface area (Å²) in [7, 11) is 0. The zero-order valence-electron chi connectivity index (χ0n) is 3.84. The van der Waals surface area contributed by atoms with Crippen LogP contribution in [0.1, 0.15) is 0 Å². The van der Waals surface area contributed by atoms with Gasteiger partial charge in [0.05, 0.1) is 0 Å². The Bertz CT molecular complexity index is 102. The third-order valence-electron chi connectivity index (χ3n) is 0.248. The summed E-state index contributed by atoms with van der Waals surface area (Å²) in [5, 5.41) is 14.1. The molecule has 0 atom stereocenters. The summed E-state index contributed by atoms with van der Waals surface area (Å²) < 4.78 is 0. The Morgan fingerprint density at radius 1 is 1.78 bits per heavy atom. The van der Waals surface area contributed by atoms with Gasteiger partial charge < -0.3 is 15.7 Å². The van der Waals surface area contributed by atoms with Gasteiger partial charge >= 0.3 is 35.7 Å². The molecule has 0 spiro atoms. The average Bonchev–Trinajstić information content (AvgIpc) is 1.61. The number of carboxylic acid groups (broad SMARTS) is 1. The van der Waals surface area contributed by atoms with E-state index in [2.05, 4.69) is 10.6 Å². The van der Waals surface area contributed by atoms with Crippen molar-refractivity contribution in [2.75, 3.05) is 0 Å². The van der Waals surface area contributed by atoms with Crippen LogP contribution in [0.25, 0.3) is 0 Å². The number of hydrogen-bond acceptors (Lipinski definition) is 3. The van der Waals surface area contributed by atoms with Gasteiger partial charge in [0.1, 0.15) is 0 Å². The molecule has 0 rings (SSSR count). The average molecular weight is 143 g/mol. The summed E-state index contributed by atoms with van der Waals surface area (Å²) >= 11 is 0. The molecule has 0 heterocycles. The Morgan fingerprint density at radius 3 is 2.33 bits per heavy atom. The van der Waals surface area contributed by atoms with Gasteiger partial charge in [-0.3, -0.25) is 5.41 Å². The molecule has 0 bridgehead atoms. The standard InChI is InChI=1S/C2H5N3O3.Na.H/c3-1(4)5-8-2(6)7;;/h(H,6,7)(H4,3,4,5);;. The topological polar surface area (TPSA) is 108 Å². The third kappa shape index (κ3) is 11.2. The van der Waals surface area contributed by atoms with Crippen molar-refractivity contribution in [3.05, 3.63) is 0 Å². The van der Waals surface area contributed by atoms with E-state index >= 15 is 0 Å². The second-order valence-electron chi connectivity index (χ2n) is 0.884. The first-order valence-corrected chi connectivity index (χ1v) is 1.62. The fraction of sp³-hybridized carbons (Fsp3) is 0. The Morgan fingerprint density at radius 2 is 2.22 bits per heavy atom. The maximum atomic E-state index is 9.47. The van der Waals surface area contributed by atoms with Crippen LogP contribution >= 0.6 is 0 Å². The summed E-state index contributed by atoms with van der Waals surface area (Å²) in [6, 6.07) is 0. The number of hydrogen-bond donors (Lipinski definition) is 4. The molecule has 0 aromatic carbocycles. The molecule has 0 saturated heterocycles. The Kier molecular flexibility index (Phi) is 7.15. The van der Waals surface area contributed by atoms with Crippen LogP contribution in [-0.2, 0) is 4.84 Å². The predicted molar refractivity (Wildman–Crippen MR) is 31.3 cm³/mol. The Labute approximate surface area is 73.1 Å². The Hall–Kier alpha value is -0.460. The number of nitrogens with two attached hydrogens (primary N) is 1. The molecule has 0 aromatic rings. The molecule has 0 aliphatic heterocycles. The van der Waals surface area contributed by atoms with Crippen molar-refractivity contribution in [3.63, 3.8) is 0 Å². The number of hydroxylamine groups is 1. The van der Waals surface area contributed by atoms with Crippen molar-refractivity contribution < 1.29 is 14.7 Å². The molecule has 6 nitrogen and oxygen atoms in total. The van der Waals surface area contributed by atoms with Crippen LogP contribution in [0.3, 0.4) is 0 Å². The molecule has 0 saturated carbocycles. The third-order valence-corrected chi connectivity index (χ3v) is 0.248. The van der Waals surface area contributed by atoms with E-state index in [9.17, 15) is 4.79 Å². The van der Waals surface area contributed by atoms with Gasteiger partial charge in [0.25, 0.3) is 0 Å². The van der Waals surface area contributed by atoms with Crippen molar-refractivity contribution in [2.45, 2.75) is 0 Å². The van der Waals surface area contributed by atoms with Crippen LogP contribution in [0, 0.1) is 5.41 Å². The van der Waals surface area contributed by atoms with Gasteiger partial charge in [-0.2, -0.15) is 5.48 Å². The van der Waals surface area contributed by atoms with E-state index in [1.54, 1.807) is 5.48 Å². The summed E-state index contributed by atoms with van der Waals surface area (Å²) in [6.07, 6.45) is -1.53. The molecule has 0 aliphatic carbocycles. The first-order valence-electron chi connectivity index (χ1n) is 1.62. The van der Waals surface area contributed by atoms with Crippen LogP contribution in [0.4, 0.5) is 4.79 Å². The zero-order valence-corrected chi connectivity index (χ0v) is 3.84.